The number of likely N-dealkylation sites (N-methyl/N-ethyl adjacent to an activating group) is 1. The molecule has 1 aliphatic rings. The van der Waals surface area contributed by atoms with Crippen molar-refractivity contribution >= 4 is 28.5 Å². The van der Waals surface area contributed by atoms with Gasteiger partial charge < -0.3 is 20.1 Å². The zero-order valence-corrected chi connectivity index (χ0v) is 26.8. The average molecular weight is 667 g/mol. The minimum absolute atomic E-state index is 0.00120. The normalized spacial score (nSPS) is 17.3. The number of halogens is 6. The third-order valence-electron chi connectivity index (χ3n) is 7.22. The van der Waals surface area contributed by atoms with E-state index in [-0.39, 0.29) is 17.6 Å². The standard InChI is InChI=1S/C30H40F6N4O4S/c1-7-10-37-27(41)23(17-25-20(3)26(22(5)38-25)28(42)40-13-11-39(6)12-14-40)9-8-15-45(43,44)18-24(21(4)30(34,35)36)16-19(2)29(31,32)33/h7-10,16-17,38,43-44H,11-15,18H2,1-6H3,(H,37,41)/b9-8+,10-7+,19-16+,23-17-,24-21-. The molecule has 1 aromatic rings. The summed E-state index contributed by atoms with van der Waals surface area (Å²) < 4.78 is 101. The number of hydrogen-bond donors (Lipinski definition) is 4. The van der Waals surface area contributed by atoms with Crippen molar-refractivity contribution in [2.24, 2.45) is 0 Å². The highest BCUT2D eigenvalue weighted by atomic mass is 32.3. The Morgan fingerprint density at radius 1 is 1.02 bits per heavy atom. The highest BCUT2D eigenvalue weighted by Gasteiger charge is 2.35. The van der Waals surface area contributed by atoms with Crippen LogP contribution in [0.5, 0.6) is 0 Å². The Labute approximate surface area is 260 Å². The van der Waals surface area contributed by atoms with Gasteiger partial charge in [-0.15, -0.1) is 0 Å². The van der Waals surface area contributed by atoms with Crippen LogP contribution in [0.3, 0.4) is 0 Å². The maximum absolute atomic E-state index is 13.4. The fraction of sp³-hybridized carbons (Fsp3) is 0.467. The van der Waals surface area contributed by atoms with Gasteiger partial charge in [0.1, 0.15) is 0 Å². The minimum atomic E-state index is -5.00. The van der Waals surface area contributed by atoms with Gasteiger partial charge in [-0.25, -0.2) is 0 Å². The molecule has 1 fully saturated rings. The van der Waals surface area contributed by atoms with Crippen molar-refractivity contribution in [2.45, 2.75) is 47.0 Å². The highest BCUT2D eigenvalue weighted by molar-refractivity contribution is 8.24. The molecule has 1 saturated heterocycles. The van der Waals surface area contributed by atoms with Crippen molar-refractivity contribution in [3.8, 4) is 0 Å². The number of H-pyrrole nitrogens is 1. The Morgan fingerprint density at radius 2 is 1.62 bits per heavy atom. The summed E-state index contributed by atoms with van der Waals surface area (Å²) in [6.07, 6.45) is -2.92. The van der Waals surface area contributed by atoms with Gasteiger partial charge in [-0.2, -0.15) is 36.9 Å². The van der Waals surface area contributed by atoms with Crippen molar-refractivity contribution in [1.29, 1.82) is 0 Å². The molecule has 45 heavy (non-hydrogen) atoms. The number of nitrogens with one attached hydrogen (secondary N) is 2. The summed E-state index contributed by atoms with van der Waals surface area (Å²) in [7, 11) is -1.95. The Kier molecular flexibility index (Phi) is 12.9. The van der Waals surface area contributed by atoms with Gasteiger partial charge in [0.25, 0.3) is 11.8 Å². The molecular weight excluding hydrogens is 626 g/mol. The number of amides is 2. The lowest BCUT2D eigenvalue weighted by Crippen LogP contribution is -2.47. The van der Waals surface area contributed by atoms with Gasteiger partial charge in [-0.3, -0.25) is 18.7 Å². The molecule has 0 radical (unpaired) electrons. The number of piperazine rings is 1. The zero-order valence-electron chi connectivity index (χ0n) is 26.0. The molecule has 0 atom stereocenters. The van der Waals surface area contributed by atoms with Crippen LogP contribution in [-0.4, -0.2) is 92.8 Å². The molecule has 8 nitrogen and oxygen atoms in total. The maximum Gasteiger partial charge on any atom is 0.412 e. The molecule has 0 spiro atoms. The van der Waals surface area contributed by atoms with Crippen LogP contribution >= 0.6 is 10.6 Å². The lowest BCUT2D eigenvalue weighted by Gasteiger charge is -2.32. The van der Waals surface area contributed by atoms with Crippen LogP contribution in [0.2, 0.25) is 0 Å². The molecule has 2 amide bonds. The van der Waals surface area contributed by atoms with Gasteiger partial charge in [0.15, 0.2) is 0 Å². The van der Waals surface area contributed by atoms with E-state index in [1.54, 1.807) is 31.7 Å². The van der Waals surface area contributed by atoms with E-state index in [1.807, 2.05) is 7.05 Å². The molecule has 252 valence electrons. The smallest absolute Gasteiger partial charge is 0.358 e. The van der Waals surface area contributed by atoms with E-state index in [0.29, 0.717) is 49.5 Å². The molecule has 1 aromatic heterocycles. The van der Waals surface area contributed by atoms with Crippen LogP contribution < -0.4 is 5.32 Å². The van der Waals surface area contributed by atoms with E-state index in [9.17, 15) is 45.0 Å². The number of alkyl halides is 6. The van der Waals surface area contributed by atoms with Gasteiger partial charge in [-0.05, 0) is 71.2 Å². The molecule has 2 rings (SSSR count). The van der Waals surface area contributed by atoms with E-state index in [4.69, 9.17) is 0 Å². The first-order valence-corrected chi connectivity index (χ1v) is 15.8. The molecular formula is C30H40F6N4O4S. The van der Waals surface area contributed by atoms with Crippen LogP contribution in [0.15, 0.2) is 52.8 Å². The van der Waals surface area contributed by atoms with E-state index in [1.165, 1.54) is 18.4 Å². The van der Waals surface area contributed by atoms with Crippen LogP contribution in [0.25, 0.3) is 6.08 Å². The van der Waals surface area contributed by atoms with Crippen molar-refractivity contribution in [2.75, 3.05) is 44.7 Å². The van der Waals surface area contributed by atoms with E-state index in [0.717, 1.165) is 19.2 Å². The van der Waals surface area contributed by atoms with Crippen LogP contribution in [-0.2, 0) is 4.79 Å². The van der Waals surface area contributed by atoms with E-state index >= 15 is 0 Å². The summed E-state index contributed by atoms with van der Waals surface area (Å²) in [6, 6.07) is 0. The second-order valence-electron chi connectivity index (χ2n) is 10.8. The summed E-state index contributed by atoms with van der Waals surface area (Å²) in [5.74, 6) is -2.51. The van der Waals surface area contributed by atoms with Crippen LogP contribution in [0.1, 0.15) is 48.1 Å². The second-order valence-corrected chi connectivity index (χ2v) is 13.0. The van der Waals surface area contributed by atoms with Gasteiger partial charge in [0.2, 0.25) is 0 Å². The molecule has 2 heterocycles. The number of aromatic nitrogens is 1. The lowest BCUT2D eigenvalue weighted by molar-refractivity contribution is -0.116. The Bertz CT molecular complexity index is 1400. The number of rotatable bonds is 10. The molecule has 4 N–H and O–H groups in total. The van der Waals surface area contributed by atoms with E-state index < -0.39 is 57.1 Å². The predicted octanol–water partition coefficient (Wildman–Crippen LogP) is 6.75. The highest BCUT2D eigenvalue weighted by Crippen LogP contribution is 2.44. The Hall–Kier alpha value is -3.27. The number of nitrogens with zero attached hydrogens (tertiary/aromatic N) is 2. The topological polar surface area (TPSA) is 109 Å². The monoisotopic (exact) mass is 666 g/mol. The maximum atomic E-state index is 13.4. The largest absolute Gasteiger partial charge is 0.412 e. The number of allylic oxidation sites excluding steroid dienone is 4. The minimum Gasteiger partial charge on any atom is -0.358 e. The van der Waals surface area contributed by atoms with Crippen molar-refractivity contribution in [1.82, 2.24) is 20.1 Å². The number of aromatic amines is 1. The molecule has 0 unspecified atom stereocenters. The van der Waals surface area contributed by atoms with Gasteiger partial charge in [0.05, 0.1) is 17.1 Å². The summed E-state index contributed by atoms with van der Waals surface area (Å²) in [5.41, 5.74) is -1.58. The molecule has 0 aliphatic carbocycles. The van der Waals surface area contributed by atoms with Gasteiger partial charge in [-0.1, -0.05) is 18.2 Å². The Morgan fingerprint density at radius 3 is 2.16 bits per heavy atom. The fourth-order valence-electron chi connectivity index (χ4n) is 4.41. The predicted molar refractivity (Wildman–Crippen MR) is 165 cm³/mol. The first kappa shape index (κ1) is 37.9. The van der Waals surface area contributed by atoms with Gasteiger partial charge >= 0.3 is 12.4 Å². The first-order chi connectivity index (χ1) is 20.7. The molecule has 0 aromatic carbocycles. The van der Waals surface area contributed by atoms with Crippen molar-refractivity contribution in [3.63, 3.8) is 0 Å². The number of aryl methyl sites for hydroxylation is 1. The van der Waals surface area contributed by atoms with E-state index in [2.05, 4.69) is 15.2 Å². The average Bonchev–Trinajstić information content (AvgIpc) is 3.21. The van der Waals surface area contributed by atoms with Crippen molar-refractivity contribution in [3.05, 3.63) is 75.3 Å². The quantitative estimate of drug-likeness (QED) is 0.126. The lowest BCUT2D eigenvalue weighted by atomic mass is 10.1. The number of carbonyl (C=O) groups is 2. The van der Waals surface area contributed by atoms with Crippen molar-refractivity contribution < 1.29 is 45.0 Å². The summed E-state index contributed by atoms with van der Waals surface area (Å²) in [5, 5.41) is 2.52. The summed E-state index contributed by atoms with van der Waals surface area (Å²) in [4.78, 5) is 33.2. The third-order valence-corrected chi connectivity index (χ3v) is 8.72. The van der Waals surface area contributed by atoms with Crippen LogP contribution in [0.4, 0.5) is 26.3 Å². The first-order valence-electron chi connectivity index (χ1n) is 13.9. The second kappa shape index (κ2) is 15.3. The fourth-order valence-corrected chi connectivity index (χ4v) is 5.73. The third kappa shape index (κ3) is 10.9. The molecule has 0 bridgehead atoms. The Balaban J connectivity index is 2.42. The SMILES string of the molecule is C/C=C/NC(=O)C(=C\c1[nH]c(C)c(C(=O)N2CCN(C)CC2)c1C)/C=C/CS(O)(O)CC(/C=C(\C)C(F)(F)F)=C(/C)C(F)(F)F. The summed E-state index contributed by atoms with van der Waals surface area (Å²) in [6.45, 7) is 8.82. The summed E-state index contributed by atoms with van der Waals surface area (Å²) >= 11 is 0. The molecule has 15 heteroatoms. The van der Waals surface area contributed by atoms with Crippen LogP contribution in [0, 0.1) is 13.8 Å². The van der Waals surface area contributed by atoms with Gasteiger partial charge in [0, 0.05) is 54.3 Å². The number of carbonyl (C=O) groups excluding carboxylic acids is 2. The molecule has 0 saturated carbocycles. The molecule has 1 aliphatic heterocycles. The zero-order chi connectivity index (χ0) is 34.3. The number of hydrogen-bond acceptors (Lipinski definition) is 5.